The van der Waals surface area contributed by atoms with E-state index < -0.39 is 11.3 Å². The van der Waals surface area contributed by atoms with Crippen LogP contribution in [0.3, 0.4) is 0 Å². The van der Waals surface area contributed by atoms with Crippen molar-refractivity contribution >= 4 is 22.2 Å². The maximum absolute atomic E-state index is 11.0. The molecule has 13 heteroatoms. The molecule has 37 heavy (non-hydrogen) atoms. The van der Waals surface area contributed by atoms with Crippen LogP contribution in [0.2, 0.25) is 0 Å². The molecule has 196 valence electrons. The zero-order valence-corrected chi connectivity index (χ0v) is 21.7. The van der Waals surface area contributed by atoms with Gasteiger partial charge in [-0.3, -0.25) is 19.1 Å². The summed E-state index contributed by atoms with van der Waals surface area (Å²) >= 11 is -2.40. The minimum absolute atomic E-state index is 0.0533. The highest BCUT2D eigenvalue weighted by Crippen LogP contribution is 2.34. The molecule has 0 saturated carbocycles. The third-order valence-electron chi connectivity index (χ3n) is 6.58. The normalized spacial score (nSPS) is 16.0. The number of rotatable bonds is 9. The van der Waals surface area contributed by atoms with E-state index >= 15 is 0 Å². The molecule has 12 nitrogen and oxygen atoms in total. The van der Waals surface area contributed by atoms with E-state index in [1.165, 1.54) is 7.11 Å². The first-order chi connectivity index (χ1) is 17.9. The SMILES string of the molecule is COc1ncc(-c2cc(-c3nnc(CN4CCN(C(C)C)CC4)o3)c3cn[nH]c3c2)cc1CNS(=O)[O-]. The van der Waals surface area contributed by atoms with E-state index in [0.717, 1.165) is 53.8 Å². The van der Waals surface area contributed by atoms with Gasteiger partial charge in [0.2, 0.25) is 17.7 Å². The average Bonchev–Trinajstić information content (AvgIpc) is 3.56. The molecule has 3 aromatic heterocycles. The van der Waals surface area contributed by atoms with E-state index in [2.05, 4.69) is 53.7 Å². The number of hydrogen-bond acceptors (Lipinski definition) is 10. The summed E-state index contributed by atoms with van der Waals surface area (Å²) in [6.45, 7) is 9.06. The van der Waals surface area contributed by atoms with E-state index in [0.29, 0.717) is 35.8 Å². The van der Waals surface area contributed by atoms with Gasteiger partial charge in [0.05, 0.1) is 30.9 Å². The number of hydrogen-bond donors (Lipinski definition) is 2. The molecule has 5 rings (SSSR count). The van der Waals surface area contributed by atoms with E-state index in [-0.39, 0.29) is 6.54 Å². The van der Waals surface area contributed by atoms with Gasteiger partial charge in [0, 0.05) is 72.7 Å². The second kappa shape index (κ2) is 11.0. The predicted molar refractivity (Wildman–Crippen MR) is 137 cm³/mol. The first kappa shape index (κ1) is 25.4. The maximum Gasteiger partial charge on any atom is 0.248 e. The zero-order chi connectivity index (χ0) is 25.9. The van der Waals surface area contributed by atoms with Crippen LogP contribution in [0.5, 0.6) is 5.88 Å². The van der Waals surface area contributed by atoms with E-state index in [4.69, 9.17) is 9.15 Å². The second-order valence-corrected chi connectivity index (χ2v) is 9.97. The molecule has 1 aliphatic rings. The van der Waals surface area contributed by atoms with Crippen molar-refractivity contribution in [1.29, 1.82) is 0 Å². The highest BCUT2D eigenvalue weighted by atomic mass is 32.2. The van der Waals surface area contributed by atoms with Crippen LogP contribution in [0.4, 0.5) is 0 Å². The number of methoxy groups -OCH3 is 1. The Morgan fingerprint density at radius 2 is 1.97 bits per heavy atom. The lowest BCUT2D eigenvalue weighted by molar-refractivity contribution is 0.0979. The molecule has 1 fully saturated rings. The zero-order valence-electron chi connectivity index (χ0n) is 20.9. The number of H-pyrrole nitrogens is 1. The Morgan fingerprint density at radius 3 is 2.70 bits per heavy atom. The number of ether oxygens (including phenoxy) is 1. The van der Waals surface area contributed by atoms with Crippen molar-refractivity contribution in [3.63, 3.8) is 0 Å². The number of fused-ring (bicyclic) bond motifs is 1. The summed E-state index contributed by atoms with van der Waals surface area (Å²) in [7, 11) is 1.49. The Balaban J connectivity index is 1.42. The lowest BCUT2D eigenvalue weighted by Crippen LogP contribution is -2.48. The van der Waals surface area contributed by atoms with Crippen LogP contribution in [0.1, 0.15) is 25.3 Å². The van der Waals surface area contributed by atoms with Crippen LogP contribution in [-0.4, -0.2) is 83.3 Å². The fourth-order valence-electron chi connectivity index (χ4n) is 4.55. The molecule has 0 spiro atoms. The summed E-state index contributed by atoms with van der Waals surface area (Å²) in [5.41, 5.74) is 3.76. The average molecular weight is 526 g/mol. The molecule has 4 aromatic rings. The molecule has 1 unspecified atom stereocenters. The number of aromatic amines is 1. The van der Waals surface area contributed by atoms with Crippen LogP contribution >= 0.6 is 0 Å². The van der Waals surface area contributed by atoms with Gasteiger partial charge in [-0.15, -0.1) is 10.2 Å². The molecule has 4 heterocycles. The molecule has 0 radical (unpaired) electrons. The fourth-order valence-corrected chi connectivity index (χ4v) is 4.83. The van der Waals surface area contributed by atoms with Gasteiger partial charge in [-0.25, -0.2) is 9.71 Å². The molecule has 0 amide bonds. The first-order valence-electron chi connectivity index (χ1n) is 12.0. The Labute approximate surface area is 216 Å². The summed E-state index contributed by atoms with van der Waals surface area (Å²) in [5.74, 6) is 1.33. The van der Waals surface area contributed by atoms with Crippen molar-refractivity contribution < 1.29 is 17.9 Å². The largest absolute Gasteiger partial charge is 0.760 e. The Morgan fingerprint density at radius 1 is 1.16 bits per heavy atom. The van der Waals surface area contributed by atoms with Crippen molar-refractivity contribution in [2.45, 2.75) is 33.0 Å². The topological polar surface area (TPSA) is 148 Å². The first-order valence-corrected chi connectivity index (χ1v) is 13.1. The maximum atomic E-state index is 11.0. The van der Waals surface area contributed by atoms with E-state index in [1.54, 1.807) is 12.4 Å². The third-order valence-corrected chi connectivity index (χ3v) is 6.96. The van der Waals surface area contributed by atoms with Gasteiger partial charge in [-0.2, -0.15) is 5.10 Å². The molecular formula is C24H29N8O4S-. The molecular weight excluding hydrogens is 496 g/mol. The van der Waals surface area contributed by atoms with Crippen molar-refractivity contribution in [2.75, 3.05) is 33.3 Å². The lowest BCUT2D eigenvalue weighted by Gasteiger charge is -2.36. The highest BCUT2D eigenvalue weighted by molar-refractivity contribution is 7.77. The van der Waals surface area contributed by atoms with Crippen molar-refractivity contribution in [1.82, 2.24) is 39.9 Å². The van der Waals surface area contributed by atoms with Gasteiger partial charge in [-0.1, -0.05) is 0 Å². The predicted octanol–water partition coefficient (Wildman–Crippen LogP) is 2.09. The van der Waals surface area contributed by atoms with Crippen molar-refractivity contribution in [3.8, 4) is 28.5 Å². The number of benzene rings is 1. The van der Waals surface area contributed by atoms with E-state index in [1.807, 2.05) is 18.2 Å². The van der Waals surface area contributed by atoms with Crippen molar-refractivity contribution in [3.05, 3.63) is 42.0 Å². The molecule has 1 saturated heterocycles. The molecule has 2 N–H and O–H groups in total. The quantitative estimate of drug-likeness (QED) is 0.311. The number of pyridine rings is 1. The van der Waals surface area contributed by atoms with Gasteiger partial charge in [0.25, 0.3) is 0 Å². The lowest BCUT2D eigenvalue weighted by atomic mass is 10.0. The van der Waals surface area contributed by atoms with Crippen molar-refractivity contribution in [2.24, 2.45) is 0 Å². The third kappa shape index (κ3) is 5.70. The number of piperazine rings is 1. The number of aromatic nitrogens is 5. The number of nitrogens with zero attached hydrogens (tertiary/aromatic N) is 6. The van der Waals surface area contributed by atoms with Gasteiger partial charge >= 0.3 is 0 Å². The van der Waals surface area contributed by atoms with Gasteiger partial charge in [0.15, 0.2) is 0 Å². The van der Waals surface area contributed by atoms with Crippen LogP contribution in [-0.2, 0) is 24.4 Å². The van der Waals surface area contributed by atoms with Gasteiger partial charge in [-0.05, 0) is 37.6 Å². The van der Waals surface area contributed by atoms with Crippen LogP contribution in [0, 0.1) is 0 Å². The molecule has 1 aliphatic heterocycles. The van der Waals surface area contributed by atoms with Gasteiger partial charge in [0.1, 0.15) is 0 Å². The molecule has 1 aromatic carbocycles. The monoisotopic (exact) mass is 525 g/mol. The summed E-state index contributed by atoms with van der Waals surface area (Å²) in [6.07, 6.45) is 3.41. The standard InChI is InChI=1S/C24H30N8O4S/c1-15(2)32-6-4-31(5-7-32)14-22-29-30-24(36-22)19-9-16(10-21-20(19)13-26-28-21)17-8-18(12-27-37(33)34)23(35-3)25-11-17/h8-11,13,15,27H,4-7,12,14H2,1-3H3,(H,26,28)(H,33,34)/p-1. The molecule has 1 atom stereocenters. The van der Waals surface area contributed by atoms with Crippen LogP contribution < -0.4 is 9.46 Å². The fraction of sp³-hybridized carbons (Fsp3) is 0.417. The minimum Gasteiger partial charge on any atom is -0.760 e. The summed E-state index contributed by atoms with van der Waals surface area (Å²) < 4.78 is 35.8. The van der Waals surface area contributed by atoms with E-state index in [9.17, 15) is 8.76 Å². The Hall–Kier alpha value is -3.23. The van der Waals surface area contributed by atoms with Gasteiger partial charge < -0.3 is 13.7 Å². The Kier molecular flexibility index (Phi) is 7.58. The second-order valence-electron chi connectivity index (χ2n) is 9.21. The summed E-state index contributed by atoms with van der Waals surface area (Å²) in [4.78, 5) is 9.15. The Bertz CT molecular complexity index is 1400. The molecule has 0 bridgehead atoms. The molecule has 0 aliphatic carbocycles. The smallest absolute Gasteiger partial charge is 0.248 e. The number of nitrogens with one attached hydrogen (secondary N) is 2. The minimum atomic E-state index is -2.40. The highest BCUT2D eigenvalue weighted by Gasteiger charge is 2.22. The van der Waals surface area contributed by atoms with Crippen LogP contribution in [0.15, 0.2) is 35.0 Å². The summed E-state index contributed by atoms with van der Waals surface area (Å²) in [6, 6.07) is 6.28. The van der Waals surface area contributed by atoms with Crippen LogP contribution in [0.25, 0.3) is 33.5 Å². The summed E-state index contributed by atoms with van der Waals surface area (Å²) in [5, 5.41) is 16.7.